The predicted molar refractivity (Wildman–Crippen MR) is 52.9 cm³/mol. The zero-order valence-corrected chi connectivity index (χ0v) is 8.44. The smallest absolute Gasteiger partial charge is 0.0644 e. The number of nitrogens with one attached hydrogen (secondary N) is 2. The summed E-state index contributed by atoms with van der Waals surface area (Å²) in [7, 11) is 1.80. The third kappa shape index (κ3) is 2.42. The van der Waals surface area contributed by atoms with Gasteiger partial charge in [-0.15, -0.1) is 0 Å². The number of methoxy groups -OCH3 is 1. The summed E-state index contributed by atoms with van der Waals surface area (Å²) in [6.07, 6.45) is 5.13. The van der Waals surface area contributed by atoms with Gasteiger partial charge in [0.1, 0.15) is 0 Å². The lowest BCUT2D eigenvalue weighted by Crippen LogP contribution is -2.47. The molecule has 1 aliphatic heterocycles. The second-order valence-corrected chi connectivity index (χ2v) is 4.38. The summed E-state index contributed by atoms with van der Waals surface area (Å²) >= 11 is 0. The molecule has 0 bridgehead atoms. The lowest BCUT2D eigenvalue weighted by molar-refractivity contribution is 0.146. The normalized spacial score (nSPS) is 27.5. The van der Waals surface area contributed by atoms with Crippen molar-refractivity contribution in [1.29, 1.82) is 0 Å². The van der Waals surface area contributed by atoms with Gasteiger partial charge in [0, 0.05) is 18.7 Å². The Morgan fingerprint density at radius 2 is 2.08 bits per heavy atom. The van der Waals surface area contributed by atoms with Crippen molar-refractivity contribution >= 4 is 0 Å². The van der Waals surface area contributed by atoms with Gasteiger partial charge in [-0.2, -0.15) is 0 Å². The Balaban J connectivity index is 1.76. The summed E-state index contributed by atoms with van der Waals surface area (Å²) in [4.78, 5) is 0. The van der Waals surface area contributed by atoms with E-state index in [0.29, 0.717) is 5.54 Å². The highest BCUT2D eigenvalue weighted by Gasteiger charge is 2.43. The molecule has 2 fully saturated rings. The van der Waals surface area contributed by atoms with Crippen LogP contribution in [-0.2, 0) is 4.74 Å². The molecule has 0 unspecified atom stereocenters. The minimum absolute atomic E-state index is 0.358. The maximum atomic E-state index is 5.23. The molecule has 1 aliphatic carbocycles. The maximum Gasteiger partial charge on any atom is 0.0644 e. The average Bonchev–Trinajstić information content (AvgIpc) is 2.87. The molecular formula is C10H20N2O. The second-order valence-electron chi connectivity index (χ2n) is 4.38. The highest BCUT2D eigenvalue weighted by atomic mass is 16.5. The Labute approximate surface area is 80.2 Å². The molecule has 1 heterocycles. The van der Waals surface area contributed by atoms with Crippen molar-refractivity contribution in [2.45, 2.75) is 37.3 Å². The first-order valence-corrected chi connectivity index (χ1v) is 5.32. The van der Waals surface area contributed by atoms with Gasteiger partial charge in [0.15, 0.2) is 0 Å². The number of ether oxygens (including phenoxy) is 1. The van der Waals surface area contributed by atoms with Gasteiger partial charge in [-0.1, -0.05) is 0 Å². The Kier molecular flexibility index (Phi) is 2.86. The van der Waals surface area contributed by atoms with Gasteiger partial charge >= 0.3 is 0 Å². The topological polar surface area (TPSA) is 33.3 Å². The monoisotopic (exact) mass is 184 g/mol. The molecule has 0 aromatic carbocycles. The van der Waals surface area contributed by atoms with Crippen LogP contribution in [0.4, 0.5) is 0 Å². The fourth-order valence-electron chi connectivity index (χ4n) is 2.16. The van der Waals surface area contributed by atoms with Crippen LogP contribution in [0.3, 0.4) is 0 Å². The van der Waals surface area contributed by atoms with E-state index in [9.17, 15) is 0 Å². The summed E-state index contributed by atoms with van der Waals surface area (Å²) in [5.74, 6) is 0. The van der Waals surface area contributed by atoms with E-state index in [1.54, 1.807) is 7.11 Å². The summed E-state index contributed by atoms with van der Waals surface area (Å²) < 4.78 is 5.23. The molecule has 0 spiro atoms. The van der Waals surface area contributed by atoms with Crippen LogP contribution in [0, 0.1) is 0 Å². The van der Waals surface area contributed by atoms with Crippen LogP contribution in [0.1, 0.15) is 25.7 Å². The van der Waals surface area contributed by atoms with Gasteiger partial charge in [0.25, 0.3) is 0 Å². The van der Waals surface area contributed by atoms with Crippen molar-refractivity contribution in [2.75, 3.05) is 26.8 Å². The zero-order valence-electron chi connectivity index (χ0n) is 8.44. The van der Waals surface area contributed by atoms with Gasteiger partial charge in [0.05, 0.1) is 6.61 Å². The van der Waals surface area contributed by atoms with Crippen LogP contribution in [-0.4, -0.2) is 38.4 Å². The Morgan fingerprint density at radius 3 is 2.62 bits per heavy atom. The Morgan fingerprint density at radius 1 is 1.38 bits per heavy atom. The second kappa shape index (κ2) is 3.95. The molecule has 0 aromatic heterocycles. The van der Waals surface area contributed by atoms with Crippen molar-refractivity contribution in [3.05, 3.63) is 0 Å². The van der Waals surface area contributed by atoms with Crippen LogP contribution in [0.5, 0.6) is 0 Å². The van der Waals surface area contributed by atoms with E-state index in [4.69, 9.17) is 4.74 Å². The summed E-state index contributed by atoms with van der Waals surface area (Å²) in [5.41, 5.74) is 0.358. The molecule has 3 heteroatoms. The van der Waals surface area contributed by atoms with Crippen LogP contribution in [0.15, 0.2) is 0 Å². The standard InChI is InChI=1S/C10H20N2O/c1-13-8-10(4-5-10)12-9-2-6-11-7-3-9/h9,11-12H,2-8H2,1H3. The molecular weight excluding hydrogens is 164 g/mol. The molecule has 2 rings (SSSR count). The van der Waals surface area contributed by atoms with E-state index in [-0.39, 0.29) is 0 Å². The quantitative estimate of drug-likeness (QED) is 0.668. The molecule has 1 saturated heterocycles. The van der Waals surface area contributed by atoms with Gasteiger partial charge in [0.2, 0.25) is 0 Å². The van der Waals surface area contributed by atoms with Crippen LogP contribution in [0.25, 0.3) is 0 Å². The van der Waals surface area contributed by atoms with Gasteiger partial charge in [-0.05, 0) is 38.8 Å². The first-order valence-electron chi connectivity index (χ1n) is 5.32. The Hall–Kier alpha value is -0.120. The van der Waals surface area contributed by atoms with Crippen molar-refractivity contribution in [3.8, 4) is 0 Å². The minimum Gasteiger partial charge on any atom is -0.383 e. The third-order valence-electron chi connectivity index (χ3n) is 3.12. The molecule has 0 aromatic rings. The highest BCUT2D eigenvalue weighted by molar-refractivity contribution is 5.03. The maximum absolute atomic E-state index is 5.23. The first kappa shape index (κ1) is 9.44. The molecule has 3 nitrogen and oxygen atoms in total. The molecule has 13 heavy (non-hydrogen) atoms. The molecule has 0 radical (unpaired) electrons. The fraction of sp³-hybridized carbons (Fsp3) is 1.00. The van der Waals surface area contributed by atoms with Gasteiger partial charge in [-0.3, -0.25) is 0 Å². The fourth-order valence-corrected chi connectivity index (χ4v) is 2.16. The first-order chi connectivity index (χ1) is 6.35. The van der Waals surface area contributed by atoms with Crippen molar-refractivity contribution in [1.82, 2.24) is 10.6 Å². The minimum atomic E-state index is 0.358. The van der Waals surface area contributed by atoms with E-state index < -0.39 is 0 Å². The van der Waals surface area contributed by atoms with Gasteiger partial charge < -0.3 is 15.4 Å². The van der Waals surface area contributed by atoms with E-state index in [2.05, 4.69) is 10.6 Å². The Bertz CT molecular complexity index is 162. The molecule has 0 atom stereocenters. The summed E-state index contributed by atoms with van der Waals surface area (Å²) in [5, 5.41) is 7.12. The number of rotatable bonds is 4. The summed E-state index contributed by atoms with van der Waals surface area (Å²) in [6.45, 7) is 3.22. The average molecular weight is 184 g/mol. The molecule has 2 N–H and O–H groups in total. The number of hydrogen-bond donors (Lipinski definition) is 2. The lowest BCUT2D eigenvalue weighted by Gasteiger charge is -2.28. The molecule has 1 saturated carbocycles. The van der Waals surface area contributed by atoms with E-state index in [1.165, 1.54) is 38.8 Å². The van der Waals surface area contributed by atoms with Crippen molar-refractivity contribution in [2.24, 2.45) is 0 Å². The van der Waals surface area contributed by atoms with E-state index >= 15 is 0 Å². The summed E-state index contributed by atoms with van der Waals surface area (Å²) in [6, 6.07) is 0.721. The molecule has 76 valence electrons. The predicted octanol–water partition coefficient (Wildman–Crippen LogP) is 0.507. The van der Waals surface area contributed by atoms with E-state index in [0.717, 1.165) is 12.6 Å². The molecule has 2 aliphatic rings. The van der Waals surface area contributed by atoms with Crippen molar-refractivity contribution in [3.63, 3.8) is 0 Å². The largest absolute Gasteiger partial charge is 0.383 e. The number of piperidine rings is 1. The third-order valence-corrected chi connectivity index (χ3v) is 3.12. The SMILES string of the molecule is COCC1(NC2CCNCC2)CC1. The lowest BCUT2D eigenvalue weighted by atomic mass is 10.1. The number of hydrogen-bond acceptors (Lipinski definition) is 3. The van der Waals surface area contributed by atoms with E-state index in [1.807, 2.05) is 0 Å². The van der Waals surface area contributed by atoms with Crippen LogP contribution in [0.2, 0.25) is 0 Å². The van der Waals surface area contributed by atoms with Crippen LogP contribution >= 0.6 is 0 Å². The highest BCUT2D eigenvalue weighted by Crippen LogP contribution is 2.36. The zero-order chi connectivity index (χ0) is 9.15. The van der Waals surface area contributed by atoms with Crippen molar-refractivity contribution < 1.29 is 4.74 Å². The van der Waals surface area contributed by atoms with Gasteiger partial charge in [-0.25, -0.2) is 0 Å². The molecule has 0 amide bonds. The van der Waals surface area contributed by atoms with Crippen LogP contribution < -0.4 is 10.6 Å².